The van der Waals surface area contributed by atoms with E-state index in [0.717, 1.165) is 5.56 Å². The number of primary amides is 1. The second kappa shape index (κ2) is 36.4. The number of esters is 1. The van der Waals surface area contributed by atoms with Crippen LogP contribution in [0.3, 0.4) is 0 Å². The van der Waals surface area contributed by atoms with E-state index in [1.807, 2.05) is 30.3 Å². The maximum atomic E-state index is 14.4. The van der Waals surface area contributed by atoms with Crippen LogP contribution in [0.4, 0.5) is 0 Å². The molecule has 17 atom stereocenters. The first-order valence-electron chi connectivity index (χ1n) is 30.1. The second-order valence-electron chi connectivity index (χ2n) is 22.8. The van der Waals surface area contributed by atoms with Crippen molar-refractivity contribution in [2.75, 3.05) is 26.8 Å². The minimum absolute atomic E-state index is 0.0121. The predicted molar refractivity (Wildman–Crippen MR) is 321 cm³/mol. The van der Waals surface area contributed by atoms with Crippen LogP contribution in [-0.2, 0) is 68.7 Å². The maximum Gasteiger partial charge on any atom is 0.329 e. The molecule has 1 aromatic carbocycles. The van der Waals surface area contributed by atoms with Crippen LogP contribution in [-0.4, -0.2) is 193 Å². The SMILES string of the molecule is CCC(C)C(NC(=O)C(Cc1ccccc1)NC)C(=O)NC(CO)C(=O)NC(CCC(N)=O)C(=O)NC(C(=O)NC(C(=O)NC(CO)C(=O)NC1C(=O)NC(C)C(=O)NC(CC2CNC(=N)N2)C(=O)NC(C(C)CC)C(=O)OC1C)C(C)CC)C(C)CC. The maximum absolute atomic E-state index is 14.4. The van der Waals surface area contributed by atoms with Crippen molar-refractivity contribution in [3.63, 3.8) is 0 Å². The van der Waals surface area contributed by atoms with Gasteiger partial charge in [-0.15, -0.1) is 0 Å². The molecule has 0 aliphatic carbocycles. The first-order chi connectivity index (χ1) is 41.6. The van der Waals surface area contributed by atoms with Crippen molar-refractivity contribution in [1.29, 1.82) is 5.41 Å². The average Bonchev–Trinajstić information content (AvgIpc) is 4.12. The highest BCUT2D eigenvalue weighted by atomic mass is 16.5. The van der Waals surface area contributed by atoms with E-state index >= 15 is 0 Å². The number of carbonyl (C=O) groups excluding carboxylic acids is 12. The molecule has 2 heterocycles. The van der Waals surface area contributed by atoms with Gasteiger partial charge in [-0.1, -0.05) is 111 Å². The van der Waals surface area contributed by atoms with E-state index in [0.29, 0.717) is 19.3 Å². The van der Waals surface area contributed by atoms with Crippen LogP contribution in [0.2, 0.25) is 0 Å². The van der Waals surface area contributed by atoms with Crippen LogP contribution < -0.4 is 74.9 Å². The number of nitrogens with two attached hydrogens (primary N) is 1. The average molecular weight is 1240 g/mol. The molecule has 0 bridgehead atoms. The molecule has 30 heteroatoms. The zero-order valence-electron chi connectivity index (χ0n) is 52.3. The Kier molecular flexibility index (Phi) is 30.7. The highest BCUT2D eigenvalue weighted by Crippen LogP contribution is 2.18. The van der Waals surface area contributed by atoms with E-state index in [2.05, 4.69) is 69.1 Å². The van der Waals surface area contributed by atoms with Gasteiger partial charge in [0.1, 0.15) is 66.5 Å². The zero-order chi connectivity index (χ0) is 66.1. The molecule has 2 fully saturated rings. The lowest BCUT2D eigenvalue weighted by molar-refractivity contribution is -0.157. The molecule has 88 heavy (non-hydrogen) atoms. The fourth-order valence-electron chi connectivity index (χ4n) is 9.52. The highest BCUT2D eigenvalue weighted by molar-refractivity contribution is 5.99. The number of carbonyl (C=O) groups is 12. The Balaban J connectivity index is 1.85. The highest BCUT2D eigenvalue weighted by Gasteiger charge is 2.41. The molecule has 1 aromatic rings. The van der Waals surface area contributed by atoms with E-state index < -0.39 is 199 Å². The first-order valence-corrected chi connectivity index (χ1v) is 30.1. The number of likely N-dealkylation sites (N-methyl/N-ethyl adjacent to an activating group) is 1. The molecule has 0 aromatic heterocycles. The van der Waals surface area contributed by atoms with Gasteiger partial charge in [0.2, 0.25) is 65.0 Å². The fraction of sp³-hybridized carbons (Fsp3) is 0.672. The third-order valence-electron chi connectivity index (χ3n) is 16.2. The van der Waals surface area contributed by atoms with Crippen LogP contribution in [0.1, 0.15) is 120 Å². The molecule has 492 valence electrons. The van der Waals surface area contributed by atoms with Crippen molar-refractivity contribution < 1.29 is 72.5 Å². The van der Waals surface area contributed by atoms with Gasteiger partial charge in [0, 0.05) is 19.0 Å². The van der Waals surface area contributed by atoms with E-state index in [1.54, 1.807) is 62.4 Å². The van der Waals surface area contributed by atoms with Gasteiger partial charge in [-0.25, -0.2) is 4.79 Å². The molecule has 0 radical (unpaired) electrons. The topological polar surface area (TPSA) is 461 Å². The Bertz CT molecular complexity index is 2600. The molecule has 17 unspecified atom stereocenters. The summed E-state index contributed by atoms with van der Waals surface area (Å²) >= 11 is 0. The molecule has 18 N–H and O–H groups in total. The number of hydrogen-bond acceptors (Lipinski definition) is 17. The number of guanidine groups is 1. The minimum Gasteiger partial charge on any atom is -0.458 e. The Morgan fingerprint density at radius 3 is 1.59 bits per heavy atom. The largest absolute Gasteiger partial charge is 0.458 e. The normalized spacial score (nSPS) is 22.7. The van der Waals surface area contributed by atoms with Gasteiger partial charge in [-0.2, -0.15) is 0 Å². The Morgan fingerprint density at radius 2 is 1.11 bits per heavy atom. The summed E-state index contributed by atoms with van der Waals surface area (Å²) in [5.74, 6) is -13.2. The van der Waals surface area contributed by atoms with E-state index in [1.165, 1.54) is 13.8 Å². The standard InChI is InChI=1S/C58H95N15O15/c1-12-28(5)42(70-49(79)37(61-11)23-34-19-17-16-18-20-34)53(83)67-39(26-74)51(81)65-36(21-22-41(59)76)48(78)69-44(30(7)14-3)55(85)71-43(29(6)13-2)54(84)68-40(27-75)52(82)73-46-33(10)88-57(87)45(31(8)15-4)72-50(80)38(24-35-25-62-58(60)64-35)66-47(77)32(9)63-56(46)86/h16-20,28-33,35-40,42-46,61,74-75H,12-15,21-27H2,1-11H3,(H2,59,76)(H,63,86)(H,65,81)(H,66,77)(H,67,83)(H,68,84)(H,69,78)(H,70,79)(H,71,85)(H,72,80)(H,73,82)(H3,60,62,64). The summed E-state index contributed by atoms with van der Waals surface area (Å²) in [7, 11) is 1.60. The van der Waals surface area contributed by atoms with Crippen molar-refractivity contribution in [3.05, 3.63) is 35.9 Å². The summed E-state index contributed by atoms with van der Waals surface area (Å²) in [6, 6.07) is -6.88. The van der Waals surface area contributed by atoms with Gasteiger partial charge in [0.05, 0.1) is 19.3 Å². The lowest BCUT2D eigenvalue weighted by Gasteiger charge is -2.31. The summed E-state index contributed by atoms with van der Waals surface area (Å²) < 4.78 is 5.72. The smallest absolute Gasteiger partial charge is 0.329 e. The monoisotopic (exact) mass is 1240 g/mol. The summed E-state index contributed by atoms with van der Waals surface area (Å²) in [6.45, 7) is 14.4. The number of cyclic esters (lactones) is 1. The predicted octanol–water partition coefficient (Wildman–Crippen LogP) is -4.05. The number of hydrogen-bond donors (Lipinski definition) is 17. The van der Waals surface area contributed by atoms with E-state index in [-0.39, 0.29) is 31.8 Å². The van der Waals surface area contributed by atoms with Crippen LogP contribution in [0, 0.1) is 29.1 Å². The molecular weight excluding hydrogens is 1150 g/mol. The van der Waals surface area contributed by atoms with Crippen LogP contribution in [0.25, 0.3) is 0 Å². The zero-order valence-corrected chi connectivity index (χ0v) is 52.3. The summed E-state index contributed by atoms with van der Waals surface area (Å²) in [5.41, 5.74) is 6.31. The van der Waals surface area contributed by atoms with Gasteiger partial charge in [0.15, 0.2) is 5.96 Å². The fourth-order valence-corrected chi connectivity index (χ4v) is 9.52. The molecule has 2 aliphatic rings. The second-order valence-corrected chi connectivity index (χ2v) is 22.8. The molecule has 0 spiro atoms. The Morgan fingerprint density at radius 1 is 0.625 bits per heavy atom. The van der Waals surface area contributed by atoms with Gasteiger partial charge in [0.25, 0.3) is 0 Å². The van der Waals surface area contributed by atoms with Crippen molar-refractivity contribution >= 4 is 76.9 Å². The van der Waals surface area contributed by atoms with Gasteiger partial charge >= 0.3 is 5.97 Å². The number of rotatable bonds is 32. The first kappa shape index (κ1) is 74.3. The van der Waals surface area contributed by atoms with E-state index in [4.69, 9.17) is 15.9 Å². The molecule has 11 amide bonds. The summed E-state index contributed by atoms with van der Waals surface area (Å²) in [4.78, 5) is 166. The number of nitrogens with one attached hydrogen (secondary N) is 14. The quantitative estimate of drug-likeness (QED) is 0.0305. The minimum atomic E-state index is -1.83. The number of aliphatic hydroxyl groups is 2. The van der Waals surface area contributed by atoms with Gasteiger partial charge in [-0.3, -0.25) is 58.1 Å². The summed E-state index contributed by atoms with van der Waals surface area (Å²) in [6.07, 6.45) is -0.774. The van der Waals surface area contributed by atoms with Gasteiger partial charge < -0.3 is 89.8 Å². The number of benzene rings is 1. The lowest BCUT2D eigenvalue weighted by atomic mass is 9.94. The Labute approximate surface area is 513 Å². The molecule has 30 nitrogen and oxygen atoms in total. The van der Waals surface area contributed by atoms with Crippen LogP contribution in [0.15, 0.2) is 30.3 Å². The third kappa shape index (κ3) is 22.3. The van der Waals surface area contributed by atoms with Gasteiger partial charge in [-0.05, 0) is 69.4 Å². The van der Waals surface area contributed by atoms with Crippen molar-refractivity contribution in [2.24, 2.45) is 29.4 Å². The van der Waals surface area contributed by atoms with Crippen molar-refractivity contribution in [2.45, 2.75) is 199 Å². The third-order valence-corrected chi connectivity index (χ3v) is 16.2. The number of ether oxygens (including phenoxy) is 1. The molecule has 2 saturated heterocycles. The number of aliphatic hydroxyl groups excluding tert-OH is 2. The van der Waals surface area contributed by atoms with E-state index in [9.17, 15) is 67.7 Å². The molecule has 0 saturated carbocycles. The van der Waals surface area contributed by atoms with Crippen molar-refractivity contribution in [3.8, 4) is 0 Å². The molecule has 2 aliphatic heterocycles. The van der Waals surface area contributed by atoms with Crippen molar-refractivity contribution in [1.82, 2.24) is 69.1 Å². The Hall–Kier alpha value is -7.99. The molecular formula is C58H95N15O15. The van der Waals surface area contributed by atoms with Crippen LogP contribution in [0.5, 0.6) is 0 Å². The van der Waals surface area contributed by atoms with Crippen LogP contribution >= 0.6 is 0 Å². The lowest BCUT2D eigenvalue weighted by Crippen LogP contribution is -2.63. The number of amides is 11. The summed E-state index contributed by atoms with van der Waals surface area (Å²) in [5, 5.41) is 62.8. The molecule has 3 rings (SSSR count).